The molecule has 5 nitrogen and oxygen atoms in total. The summed E-state index contributed by atoms with van der Waals surface area (Å²) < 4.78 is 2.05. The van der Waals surface area contributed by atoms with Gasteiger partial charge in [0.2, 0.25) is 0 Å². The van der Waals surface area contributed by atoms with Crippen LogP contribution in [0.25, 0.3) is 10.9 Å². The SMILES string of the molecule is O=C(N=c1ccccn1CC1CC1)c1n[nH]c2ccccc12. The van der Waals surface area contributed by atoms with Crippen molar-refractivity contribution in [2.45, 2.75) is 19.4 Å². The van der Waals surface area contributed by atoms with Crippen molar-refractivity contribution >= 4 is 16.8 Å². The molecular formula is C17H16N4O. The van der Waals surface area contributed by atoms with E-state index < -0.39 is 0 Å². The number of hydrogen-bond acceptors (Lipinski definition) is 2. The maximum Gasteiger partial charge on any atom is 0.300 e. The van der Waals surface area contributed by atoms with E-state index in [9.17, 15) is 4.79 Å². The summed E-state index contributed by atoms with van der Waals surface area (Å²) in [6, 6.07) is 13.3. The quantitative estimate of drug-likeness (QED) is 0.806. The molecule has 1 aliphatic carbocycles. The number of pyridine rings is 1. The molecule has 0 bridgehead atoms. The van der Waals surface area contributed by atoms with Crippen molar-refractivity contribution in [1.29, 1.82) is 0 Å². The Morgan fingerprint density at radius 1 is 1.23 bits per heavy atom. The van der Waals surface area contributed by atoms with Crippen LogP contribution in [0, 0.1) is 5.92 Å². The largest absolute Gasteiger partial charge is 0.333 e. The van der Waals surface area contributed by atoms with Gasteiger partial charge in [-0.25, -0.2) is 0 Å². The van der Waals surface area contributed by atoms with E-state index in [1.807, 2.05) is 53.2 Å². The summed E-state index contributed by atoms with van der Waals surface area (Å²) in [5.41, 5.74) is 1.91. The number of rotatable bonds is 3. The van der Waals surface area contributed by atoms with Gasteiger partial charge < -0.3 is 4.57 Å². The predicted octanol–water partition coefficient (Wildman–Crippen LogP) is 2.52. The Morgan fingerprint density at radius 2 is 2.05 bits per heavy atom. The average molecular weight is 292 g/mol. The normalized spacial score (nSPS) is 15.4. The van der Waals surface area contributed by atoms with Crippen molar-refractivity contribution in [3.8, 4) is 0 Å². The van der Waals surface area contributed by atoms with Gasteiger partial charge in [0.15, 0.2) is 5.69 Å². The summed E-state index contributed by atoms with van der Waals surface area (Å²) in [5, 5.41) is 7.80. The Hall–Kier alpha value is -2.69. The maximum absolute atomic E-state index is 12.5. The fourth-order valence-corrected chi connectivity index (χ4v) is 2.59. The summed E-state index contributed by atoms with van der Waals surface area (Å²) in [7, 11) is 0. The number of benzene rings is 1. The van der Waals surface area contributed by atoms with Crippen LogP contribution in [0.1, 0.15) is 23.3 Å². The van der Waals surface area contributed by atoms with Gasteiger partial charge in [-0.3, -0.25) is 9.89 Å². The first kappa shape index (κ1) is 13.0. The number of nitrogens with one attached hydrogen (secondary N) is 1. The lowest BCUT2D eigenvalue weighted by Crippen LogP contribution is -2.22. The first-order chi connectivity index (χ1) is 10.8. The monoisotopic (exact) mass is 292 g/mol. The van der Waals surface area contributed by atoms with E-state index in [2.05, 4.69) is 15.2 Å². The molecule has 1 N–H and O–H groups in total. The summed E-state index contributed by atoms with van der Waals surface area (Å²) >= 11 is 0. The molecule has 1 aromatic carbocycles. The number of hydrogen-bond donors (Lipinski definition) is 1. The van der Waals surface area contributed by atoms with Crippen molar-refractivity contribution in [2.75, 3.05) is 0 Å². The van der Waals surface area contributed by atoms with Crippen LogP contribution < -0.4 is 5.49 Å². The smallest absolute Gasteiger partial charge is 0.300 e. The van der Waals surface area contributed by atoms with Crippen LogP contribution in [-0.4, -0.2) is 20.7 Å². The van der Waals surface area contributed by atoms with Crippen molar-refractivity contribution in [2.24, 2.45) is 10.9 Å². The second kappa shape index (κ2) is 5.26. The number of para-hydroxylation sites is 1. The molecule has 5 heteroatoms. The van der Waals surface area contributed by atoms with Gasteiger partial charge >= 0.3 is 0 Å². The second-order valence-electron chi connectivity index (χ2n) is 5.69. The molecule has 1 amide bonds. The molecule has 3 aromatic rings. The summed E-state index contributed by atoms with van der Waals surface area (Å²) in [6.45, 7) is 0.925. The van der Waals surface area contributed by atoms with Gasteiger partial charge in [-0.15, -0.1) is 0 Å². The highest BCUT2D eigenvalue weighted by Gasteiger charge is 2.21. The fraction of sp³-hybridized carbons (Fsp3) is 0.235. The van der Waals surface area contributed by atoms with E-state index in [1.54, 1.807) is 0 Å². The minimum Gasteiger partial charge on any atom is -0.333 e. The Bertz CT molecular complexity index is 902. The standard InChI is InChI=1S/C17H16N4O/c22-17(16-13-5-1-2-6-14(13)19-20-16)18-15-7-3-4-10-21(15)11-12-8-9-12/h1-7,10,12H,8-9,11H2,(H,19,20). The highest BCUT2D eigenvalue weighted by molar-refractivity contribution is 6.05. The average Bonchev–Trinajstić information content (AvgIpc) is 3.25. The van der Waals surface area contributed by atoms with Crippen LogP contribution in [0.15, 0.2) is 53.7 Å². The Balaban J connectivity index is 1.74. The highest BCUT2D eigenvalue weighted by atomic mass is 16.1. The fourth-order valence-electron chi connectivity index (χ4n) is 2.59. The number of H-pyrrole nitrogens is 1. The number of aromatic nitrogens is 3. The molecule has 22 heavy (non-hydrogen) atoms. The van der Waals surface area contributed by atoms with Crippen molar-refractivity contribution in [3.63, 3.8) is 0 Å². The number of aromatic amines is 1. The zero-order chi connectivity index (χ0) is 14.9. The Kier molecular flexibility index (Phi) is 3.11. The van der Waals surface area contributed by atoms with E-state index in [0.717, 1.165) is 23.4 Å². The molecule has 2 aromatic heterocycles. The van der Waals surface area contributed by atoms with Crippen LogP contribution in [0.3, 0.4) is 0 Å². The Labute approximate surface area is 127 Å². The van der Waals surface area contributed by atoms with Crippen LogP contribution in [0.5, 0.6) is 0 Å². The number of nitrogens with zero attached hydrogens (tertiary/aromatic N) is 3. The van der Waals surface area contributed by atoms with Gasteiger partial charge in [0.05, 0.1) is 5.52 Å². The molecule has 0 spiro atoms. The van der Waals surface area contributed by atoms with Gasteiger partial charge in [-0.2, -0.15) is 10.1 Å². The molecule has 2 heterocycles. The topological polar surface area (TPSA) is 63.0 Å². The number of carbonyl (C=O) groups excluding carboxylic acids is 1. The maximum atomic E-state index is 12.5. The molecular weight excluding hydrogens is 276 g/mol. The van der Waals surface area contributed by atoms with Gasteiger partial charge in [0, 0.05) is 18.1 Å². The first-order valence-electron chi connectivity index (χ1n) is 7.49. The van der Waals surface area contributed by atoms with Crippen molar-refractivity contribution in [1.82, 2.24) is 14.8 Å². The van der Waals surface area contributed by atoms with Gasteiger partial charge in [-0.1, -0.05) is 24.3 Å². The summed E-state index contributed by atoms with van der Waals surface area (Å²) in [6.07, 6.45) is 4.51. The molecule has 1 saturated carbocycles. The molecule has 0 unspecified atom stereocenters. The Morgan fingerprint density at radius 3 is 2.91 bits per heavy atom. The zero-order valence-corrected chi connectivity index (χ0v) is 12.1. The number of fused-ring (bicyclic) bond motifs is 1. The molecule has 0 aliphatic heterocycles. The van der Waals surface area contributed by atoms with Gasteiger partial charge in [-0.05, 0) is 37.0 Å². The van der Waals surface area contributed by atoms with Crippen LogP contribution in [0.4, 0.5) is 0 Å². The summed E-state index contributed by atoms with van der Waals surface area (Å²) in [5.74, 6) is 0.413. The molecule has 0 atom stereocenters. The molecule has 1 aliphatic rings. The molecule has 0 radical (unpaired) electrons. The lowest BCUT2D eigenvalue weighted by molar-refractivity contribution is 0.0993. The highest BCUT2D eigenvalue weighted by Crippen LogP contribution is 2.29. The zero-order valence-electron chi connectivity index (χ0n) is 12.1. The number of carbonyl (C=O) groups is 1. The first-order valence-corrected chi connectivity index (χ1v) is 7.49. The van der Waals surface area contributed by atoms with Crippen molar-refractivity contribution in [3.05, 3.63) is 59.8 Å². The van der Waals surface area contributed by atoms with E-state index in [0.29, 0.717) is 11.2 Å². The van der Waals surface area contributed by atoms with Crippen LogP contribution in [0.2, 0.25) is 0 Å². The lowest BCUT2D eigenvalue weighted by atomic mass is 10.2. The third-order valence-electron chi connectivity index (χ3n) is 3.96. The molecule has 110 valence electrons. The van der Waals surface area contributed by atoms with Gasteiger partial charge in [0.1, 0.15) is 5.49 Å². The van der Waals surface area contributed by atoms with Crippen molar-refractivity contribution < 1.29 is 4.79 Å². The molecule has 1 fully saturated rings. The third kappa shape index (κ3) is 2.45. The minimum atomic E-state index is -0.312. The molecule has 4 rings (SSSR count). The van der Waals surface area contributed by atoms with Crippen LogP contribution in [-0.2, 0) is 6.54 Å². The van der Waals surface area contributed by atoms with E-state index >= 15 is 0 Å². The van der Waals surface area contributed by atoms with Gasteiger partial charge in [0.25, 0.3) is 5.91 Å². The minimum absolute atomic E-state index is 0.312. The number of amides is 1. The van der Waals surface area contributed by atoms with E-state index in [1.165, 1.54) is 12.8 Å². The van der Waals surface area contributed by atoms with E-state index in [-0.39, 0.29) is 5.91 Å². The molecule has 0 saturated heterocycles. The predicted molar refractivity (Wildman–Crippen MR) is 83.1 cm³/mol. The third-order valence-corrected chi connectivity index (χ3v) is 3.96. The second-order valence-corrected chi connectivity index (χ2v) is 5.69. The summed E-state index contributed by atoms with van der Waals surface area (Å²) in [4.78, 5) is 16.8. The van der Waals surface area contributed by atoms with E-state index in [4.69, 9.17) is 0 Å². The lowest BCUT2D eigenvalue weighted by Gasteiger charge is -2.05. The van der Waals surface area contributed by atoms with Crippen LogP contribution >= 0.6 is 0 Å².